The summed E-state index contributed by atoms with van der Waals surface area (Å²) >= 11 is 0. The molecule has 140 valence electrons. The standard InChI is InChI=1S/C16H28F3N3O2/c1-15(2,3)24-14(23)22-9-8-21(13(11-22)16(17,18)19)10-12-4-6-20-7-5-12/h12-13,20H,4-11H2,1-3H3/t13-/m0/s1. The molecule has 0 aliphatic carbocycles. The summed E-state index contributed by atoms with van der Waals surface area (Å²) in [6.45, 7) is 7.42. The number of ether oxygens (including phenoxy) is 1. The molecule has 0 saturated carbocycles. The van der Waals surface area contributed by atoms with Gasteiger partial charge in [0.25, 0.3) is 0 Å². The fourth-order valence-corrected chi connectivity index (χ4v) is 3.24. The second-order valence-electron chi connectivity index (χ2n) is 7.67. The zero-order chi connectivity index (χ0) is 18.0. The topological polar surface area (TPSA) is 44.8 Å². The van der Waals surface area contributed by atoms with Crippen molar-refractivity contribution in [2.24, 2.45) is 5.92 Å². The van der Waals surface area contributed by atoms with E-state index in [0.29, 0.717) is 6.54 Å². The Balaban J connectivity index is 2.00. The molecule has 0 aromatic heterocycles. The van der Waals surface area contributed by atoms with Gasteiger partial charge < -0.3 is 15.0 Å². The molecular formula is C16H28F3N3O2. The maximum Gasteiger partial charge on any atom is 0.410 e. The number of carbonyl (C=O) groups excluding carboxylic acids is 1. The summed E-state index contributed by atoms with van der Waals surface area (Å²) in [6, 6.07) is -1.62. The highest BCUT2D eigenvalue weighted by molar-refractivity contribution is 5.68. The minimum absolute atomic E-state index is 0.230. The summed E-state index contributed by atoms with van der Waals surface area (Å²) in [5, 5.41) is 3.23. The molecule has 2 saturated heterocycles. The van der Waals surface area contributed by atoms with Crippen molar-refractivity contribution < 1.29 is 22.7 Å². The van der Waals surface area contributed by atoms with E-state index in [2.05, 4.69) is 5.32 Å². The average molecular weight is 351 g/mol. The van der Waals surface area contributed by atoms with E-state index in [4.69, 9.17) is 4.74 Å². The van der Waals surface area contributed by atoms with Crippen molar-refractivity contribution in [1.29, 1.82) is 0 Å². The molecule has 0 unspecified atom stereocenters. The summed E-state index contributed by atoms with van der Waals surface area (Å²) in [7, 11) is 0. The van der Waals surface area contributed by atoms with Gasteiger partial charge in [0.15, 0.2) is 0 Å². The number of amides is 1. The molecule has 0 bridgehead atoms. The molecule has 0 radical (unpaired) electrons. The van der Waals surface area contributed by atoms with E-state index in [0.717, 1.165) is 25.9 Å². The van der Waals surface area contributed by atoms with Gasteiger partial charge in [-0.25, -0.2) is 4.79 Å². The van der Waals surface area contributed by atoms with Crippen molar-refractivity contribution in [2.75, 3.05) is 39.3 Å². The third-order valence-corrected chi connectivity index (χ3v) is 4.47. The van der Waals surface area contributed by atoms with Crippen molar-refractivity contribution in [3.8, 4) is 0 Å². The lowest BCUT2D eigenvalue weighted by Crippen LogP contribution is -2.61. The van der Waals surface area contributed by atoms with E-state index in [1.807, 2.05) is 0 Å². The lowest BCUT2D eigenvalue weighted by atomic mass is 9.96. The number of piperazine rings is 1. The average Bonchev–Trinajstić information content (AvgIpc) is 2.45. The second-order valence-corrected chi connectivity index (χ2v) is 7.67. The molecule has 2 heterocycles. The molecule has 0 aromatic rings. The van der Waals surface area contributed by atoms with Crippen molar-refractivity contribution in [2.45, 2.75) is 51.4 Å². The Morgan fingerprint density at radius 2 is 1.79 bits per heavy atom. The van der Waals surface area contributed by atoms with Crippen molar-refractivity contribution in [3.63, 3.8) is 0 Å². The Morgan fingerprint density at radius 1 is 1.17 bits per heavy atom. The van der Waals surface area contributed by atoms with E-state index in [-0.39, 0.29) is 25.6 Å². The fraction of sp³-hybridized carbons (Fsp3) is 0.938. The zero-order valence-corrected chi connectivity index (χ0v) is 14.7. The van der Waals surface area contributed by atoms with E-state index in [1.54, 1.807) is 20.8 Å². The predicted octanol–water partition coefficient (Wildman–Crippen LogP) is 2.47. The minimum atomic E-state index is -4.35. The SMILES string of the molecule is CC(C)(C)OC(=O)N1CCN(CC2CCNCC2)[C@H](C(F)(F)F)C1. The monoisotopic (exact) mass is 351 g/mol. The first-order chi connectivity index (χ1) is 11.1. The highest BCUT2D eigenvalue weighted by atomic mass is 19.4. The van der Waals surface area contributed by atoms with Gasteiger partial charge in [-0.15, -0.1) is 0 Å². The first kappa shape index (κ1) is 19.3. The largest absolute Gasteiger partial charge is 0.444 e. The molecule has 2 fully saturated rings. The Morgan fingerprint density at radius 3 is 2.33 bits per heavy atom. The summed E-state index contributed by atoms with van der Waals surface area (Å²) < 4.78 is 45.7. The molecule has 2 aliphatic rings. The summed E-state index contributed by atoms with van der Waals surface area (Å²) in [4.78, 5) is 14.8. The van der Waals surface area contributed by atoms with Crippen LogP contribution in [-0.4, -0.2) is 73.0 Å². The van der Waals surface area contributed by atoms with Crippen LogP contribution >= 0.6 is 0 Å². The van der Waals surface area contributed by atoms with Crippen LogP contribution < -0.4 is 5.32 Å². The number of carbonyl (C=O) groups is 1. The number of halogens is 3. The Labute approximate surface area is 141 Å². The zero-order valence-electron chi connectivity index (χ0n) is 14.7. The molecule has 1 N–H and O–H groups in total. The smallest absolute Gasteiger partial charge is 0.410 e. The molecule has 0 aromatic carbocycles. The number of piperidine rings is 1. The van der Waals surface area contributed by atoms with E-state index < -0.39 is 23.9 Å². The number of nitrogens with zero attached hydrogens (tertiary/aromatic N) is 2. The van der Waals surface area contributed by atoms with Crippen molar-refractivity contribution >= 4 is 6.09 Å². The van der Waals surface area contributed by atoms with Crippen LogP contribution in [0.25, 0.3) is 0 Å². The van der Waals surface area contributed by atoms with Crippen LogP contribution in [0.15, 0.2) is 0 Å². The molecule has 24 heavy (non-hydrogen) atoms. The summed E-state index contributed by atoms with van der Waals surface area (Å²) in [6.07, 6.45) is -3.22. The quantitative estimate of drug-likeness (QED) is 0.830. The molecule has 1 atom stereocenters. The first-order valence-corrected chi connectivity index (χ1v) is 8.55. The van der Waals surface area contributed by atoms with Crippen LogP contribution in [0.1, 0.15) is 33.6 Å². The van der Waals surface area contributed by atoms with Crippen LogP contribution in [0.3, 0.4) is 0 Å². The van der Waals surface area contributed by atoms with Crippen LogP contribution in [0.4, 0.5) is 18.0 Å². The number of nitrogens with one attached hydrogen (secondary N) is 1. The number of hydrogen-bond donors (Lipinski definition) is 1. The van der Waals surface area contributed by atoms with E-state index in [1.165, 1.54) is 9.80 Å². The summed E-state index contributed by atoms with van der Waals surface area (Å²) in [5.41, 5.74) is -0.711. The third-order valence-electron chi connectivity index (χ3n) is 4.47. The number of hydrogen-bond acceptors (Lipinski definition) is 4. The maximum absolute atomic E-state index is 13.5. The van der Waals surface area contributed by atoms with Gasteiger partial charge >= 0.3 is 12.3 Å². The van der Waals surface area contributed by atoms with E-state index >= 15 is 0 Å². The summed E-state index contributed by atoms with van der Waals surface area (Å²) in [5.74, 6) is 0.282. The van der Waals surface area contributed by atoms with Gasteiger partial charge in [-0.1, -0.05) is 0 Å². The highest BCUT2D eigenvalue weighted by Gasteiger charge is 2.48. The van der Waals surface area contributed by atoms with E-state index in [9.17, 15) is 18.0 Å². The molecule has 0 spiro atoms. The van der Waals surface area contributed by atoms with Crippen LogP contribution in [-0.2, 0) is 4.74 Å². The minimum Gasteiger partial charge on any atom is -0.444 e. The van der Waals surface area contributed by atoms with Gasteiger partial charge in [-0.3, -0.25) is 4.90 Å². The van der Waals surface area contributed by atoms with Gasteiger partial charge in [-0.2, -0.15) is 13.2 Å². The van der Waals surface area contributed by atoms with Crippen molar-refractivity contribution in [3.05, 3.63) is 0 Å². The van der Waals surface area contributed by atoms with Gasteiger partial charge in [0.05, 0.1) is 0 Å². The van der Waals surface area contributed by atoms with Gasteiger partial charge in [0.1, 0.15) is 11.6 Å². The molecule has 5 nitrogen and oxygen atoms in total. The Kier molecular flexibility index (Phi) is 6.01. The van der Waals surface area contributed by atoms with Crippen LogP contribution in [0, 0.1) is 5.92 Å². The highest BCUT2D eigenvalue weighted by Crippen LogP contribution is 2.30. The second kappa shape index (κ2) is 7.47. The lowest BCUT2D eigenvalue weighted by molar-refractivity contribution is -0.197. The normalized spacial score (nSPS) is 24.9. The molecular weight excluding hydrogens is 323 g/mol. The number of rotatable bonds is 2. The molecule has 1 amide bonds. The van der Waals surface area contributed by atoms with Crippen LogP contribution in [0.5, 0.6) is 0 Å². The van der Waals surface area contributed by atoms with Crippen LogP contribution in [0.2, 0.25) is 0 Å². The molecule has 8 heteroatoms. The van der Waals surface area contributed by atoms with Gasteiger partial charge in [0, 0.05) is 26.2 Å². The maximum atomic E-state index is 13.5. The third kappa shape index (κ3) is 5.51. The molecule has 2 aliphatic heterocycles. The van der Waals surface area contributed by atoms with Crippen molar-refractivity contribution in [1.82, 2.24) is 15.1 Å². The Bertz CT molecular complexity index is 431. The molecule has 2 rings (SSSR count). The Hall–Kier alpha value is -1.02. The number of alkyl halides is 3. The fourth-order valence-electron chi connectivity index (χ4n) is 3.24. The predicted molar refractivity (Wildman–Crippen MR) is 84.8 cm³/mol. The lowest BCUT2D eigenvalue weighted by Gasteiger charge is -2.43. The van der Waals surface area contributed by atoms with Gasteiger partial charge in [-0.05, 0) is 52.6 Å². The first-order valence-electron chi connectivity index (χ1n) is 8.55. The van der Waals surface area contributed by atoms with Gasteiger partial charge in [0.2, 0.25) is 0 Å².